The summed E-state index contributed by atoms with van der Waals surface area (Å²) >= 11 is 0. The number of hydrogen-bond acceptors (Lipinski definition) is 4. The molecule has 0 spiro atoms. The van der Waals surface area contributed by atoms with Crippen molar-refractivity contribution in [2.24, 2.45) is 7.05 Å². The maximum Gasteiger partial charge on any atom is 0.330 e. The number of rotatable bonds is 3. The monoisotopic (exact) mass is 224 g/mol. The largest absolute Gasteiger partial charge is 0.360 e. The molecule has 0 atom stereocenters. The number of hydrogen-bond donors (Lipinski definition) is 1. The lowest BCUT2D eigenvalue weighted by Crippen LogP contribution is -2.22. The molecule has 1 aromatic heterocycles. The van der Waals surface area contributed by atoms with Crippen LogP contribution in [-0.4, -0.2) is 20.7 Å². The Kier molecular flexibility index (Phi) is 3.07. The number of nitro groups is 1. The maximum absolute atomic E-state index is 10.8. The second-order valence-corrected chi connectivity index (χ2v) is 4.27. The molecule has 0 aliphatic heterocycles. The normalized spacial score (nSPS) is 17.3. The number of anilines is 1. The van der Waals surface area contributed by atoms with Gasteiger partial charge in [0.2, 0.25) is 5.82 Å². The van der Waals surface area contributed by atoms with Crippen LogP contribution in [0.25, 0.3) is 0 Å². The quantitative estimate of drug-likeness (QED) is 0.630. The van der Waals surface area contributed by atoms with Gasteiger partial charge in [-0.05, 0) is 12.8 Å². The Bertz CT molecular complexity index is 382. The van der Waals surface area contributed by atoms with Crippen molar-refractivity contribution in [1.29, 1.82) is 0 Å². The molecule has 1 N–H and O–H groups in total. The molecule has 1 saturated carbocycles. The molecule has 0 aromatic carbocycles. The van der Waals surface area contributed by atoms with Crippen LogP contribution in [0.15, 0.2) is 6.20 Å². The lowest BCUT2D eigenvalue weighted by atomic mass is 9.95. The minimum atomic E-state index is -0.391. The maximum atomic E-state index is 10.8. The van der Waals surface area contributed by atoms with Gasteiger partial charge in [-0.1, -0.05) is 19.3 Å². The van der Waals surface area contributed by atoms with Gasteiger partial charge in [0.15, 0.2) is 0 Å². The van der Waals surface area contributed by atoms with Gasteiger partial charge in [0.25, 0.3) is 0 Å². The molecule has 0 bridgehead atoms. The van der Waals surface area contributed by atoms with E-state index in [0.717, 1.165) is 12.8 Å². The number of nitrogens with zero attached hydrogens (tertiary/aromatic N) is 3. The number of nitrogens with one attached hydrogen (secondary N) is 1. The van der Waals surface area contributed by atoms with Gasteiger partial charge >= 0.3 is 5.69 Å². The van der Waals surface area contributed by atoms with Crippen LogP contribution in [0.4, 0.5) is 11.5 Å². The highest BCUT2D eigenvalue weighted by atomic mass is 16.6. The Labute approximate surface area is 93.8 Å². The Balaban J connectivity index is 2.10. The second kappa shape index (κ2) is 4.51. The van der Waals surface area contributed by atoms with Gasteiger partial charge in [-0.2, -0.15) is 0 Å². The van der Waals surface area contributed by atoms with E-state index in [2.05, 4.69) is 10.4 Å². The van der Waals surface area contributed by atoms with E-state index in [9.17, 15) is 10.1 Å². The minimum absolute atomic E-state index is 0.0630. The van der Waals surface area contributed by atoms with Crippen molar-refractivity contribution in [1.82, 2.24) is 9.78 Å². The average Bonchev–Trinajstić information content (AvgIpc) is 2.61. The third-order valence-corrected chi connectivity index (χ3v) is 2.95. The molecule has 6 nitrogen and oxygen atoms in total. The van der Waals surface area contributed by atoms with Crippen molar-refractivity contribution in [3.63, 3.8) is 0 Å². The topological polar surface area (TPSA) is 73.0 Å². The van der Waals surface area contributed by atoms with E-state index in [1.807, 2.05) is 0 Å². The molecular formula is C10H16N4O2. The average molecular weight is 224 g/mol. The molecule has 1 aliphatic carbocycles. The lowest BCUT2D eigenvalue weighted by molar-refractivity contribution is -0.384. The first-order valence-electron chi connectivity index (χ1n) is 5.61. The van der Waals surface area contributed by atoms with Crippen LogP contribution in [0.1, 0.15) is 32.1 Å². The summed E-state index contributed by atoms with van der Waals surface area (Å²) in [6.07, 6.45) is 7.24. The van der Waals surface area contributed by atoms with Gasteiger partial charge in [0.1, 0.15) is 6.20 Å². The van der Waals surface area contributed by atoms with Crippen molar-refractivity contribution in [2.45, 2.75) is 38.1 Å². The summed E-state index contributed by atoms with van der Waals surface area (Å²) < 4.78 is 1.48. The Morgan fingerprint density at radius 2 is 2.19 bits per heavy atom. The third kappa shape index (κ3) is 2.32. The van der Waals surface area contributed by atoms with Crippen molar-refractivity contribution < 1.29 is 4.92 Å². The first-order chi connectivity index (χ1) is 7.66. The molecule has 0 radical (unpaired) electrons. The predicted octanol–water partition coefficient (Wildman–Crippen LogP) is 2.07. The van der Waals surface area contributed by atoms with Crippen molar-refractivity contribution in [3.8, 4) is 0 Å². The van der Waals surface area contributed by atoms with Crippen molar-refractivity contribution in [2.75, 3.05) is 5.32 Å². The van der Waals surface area contributed by atoms with Crippen LogP contribution < -0.4 is 5.32 Å². The summed E-state index contributed by atoms with van der Waals surface area (Å²) in [5.74, 6) is 0.402. The van der Waals surface area contributed by atoms with Crippen LogP contribution in [0.3, 0.4) is 0 Å². The number of aromatic nitrogens is 2. The zero-order chi connectivity index (χ0) is 11.5. The van der Waals surface area contributed by atoms with Crippen LogP contribution in [-0.2, 0) is 7.05 Å². The van der Waals surface area contributed by atoms with E-state index >= 15 is 0 Å². The third-order valence-electron chi connectivity index (χ3n) is 2.95. The van der Waals surface area contributed by atoms with E-state index in [-0.39, 0.29) is 5.69 Å². The first kappa shape index (κ1) is 10.9. The SMILES string of the molecule is Cn1cc([N+](=O)[O-])c(NC2CCCCC2)n1. The molecule has 0 amide bonds. The molecular weight excluding hydrogens is 208 g/mol. The molecule has 0 saturated heterocycles. The zero-order valence-electron chi connectivity index (χ0n) is 9.35. The highest BCUT2D eigenvalue weighted by Crippen LogP contribution is 2.26. The zero-order valence-corrected chi connectivity index (χ0v) is 9.35. The van der Waals surface area contributed by atoms with Gasteiger partial charge in [0.05, 0.1) is 4.92 Å². The Morgan fingerprint density at radius 3 is 2.81 bits per heavy atom. The van der Waals surface area contributed by atoms with Crippen LogP contribution in [0.5, 0.6) is 0 Å². The first-order valence-corrected chi connectivity index (χ1v) is 5.61. The summed E-state index contributed by atoms with van der Waals surface area (Å²) in [6, 6.07) is 0.336. The van der Waals surface area contributed by atoms with Crippen molar-refractivity contribution >= 4 is 11.5 Å². The van der Waals surface area contributed by atoms with Crippen LogP contribution >= 0.6 is 0 Å². The summed E-state index contributed by atoms with van der Waals surface area (Å²) in [5, 5.41) is 18.1. The van der Waals surface area contributed by atoms with E-state index in [0.29, 0.717) is 11.9 Å². The fourth-order valence-electron chi connectivity index (χ4n) is 2.15. The predicted molar refractivity (Wildman–Crippen MR) is 60.4 cm³/mol. The van der Waals surface area contributed by atoms with E-state index < -0.39 is 4.92 Å². The fourth-order valence-corrected chi connectivity index (χ4v) is 2.15. The Morgan fingerprint density at radius 1 is 1.50 bits per heavy atom. The van der Waals surface area contributed by atoms with E-state index in [1.165, 1.54) is 30.1 Å². The standard InChI is InChI=1S/C10H16N4O2/c1-13-7-9(14(15)16)10(12-13)11-8-5-3-2-4-6-8/h7-8H,2-6H2,1H3,(H,11,12). The smallest absolute Gasteiger partial charge is 0.330 e. The fraction of sp³-hybridized carbons (Fsp3) is 0.700. The number of aryl methyl sites for hydroxylation is 1. The molecule has 2 rings (SSSR count). The van der Waals surface area contributed by atoms with Gasteiger partial charge < -0.3 is 5.32 Å². The van der Waals surface area contributed by atoms with Crippen molar-refractivity contribution in [3.05, 3.63) is 16.3 Å². The van der Waals surface area contributed by atoms with Gasteiger partial charge in [0, 0.05) is 13.1 Å². The van der Waals surface area contributed by atoms with E-state index in [4.69, 9.17) is 0 Å². The highest BCUT2D eigenvalue weighted by Gasteiger charge is 2.22. The second-order valence-electron chi connectivity index (χ2n) is 4.27. The molecule has 88 valence electrons. The Hall–Kier alpha value is -1.59. The van der Waals surface area contributed by atoms with Gasteiger partial charge in [-0.3, -0.25) is 14.8 Å². The van der Waals surface area contributed by atoms with Crippen LogP contribution in [0, 0.1) is 10.1 Å². The lowest BCUT2D eigenvalue weighted by Gasteiger charge is -2.22. The molecule has 16 heavy (non-hydrogen) atoms. The molecule has 1 heterocycles. The minimum Gasteiger partial charge on any atom is -0.360 e. The van der Waals surface area contributed by atoms with Gasteiger partial charge in [-0.25, -0.2) is 0 Å². The molecule has 1 fully saturated rings. The highest BCUT2D eigenvalue weighted by molar-refractivity contribution is 5.55. The summed E-state index contributed by atoms with van der Waals surface area (Å²) in [6.45, 7) is 0. The summed E-state index contributed by atoms with van der Waals surface area (Å²) in [4.78, 5) is 10.4. The van der Waals surface area contributed by atoms with Crippen LogP contribution in [0.2, 0.25) is 0 Å². The van der Waals surface area contributed by atoms with Gasteiger partial charge in [-0.15, -0.1) is 5.10 Å². The summed E-state index contributed by atoms with van der Waals surface area (Å²) in [7, 11) is 1.69. The molecule has 6 heteroatoms. The molecule has 0 unspecified atom stereocenters. The van der Waals surface area contributed by atoms with E-state index in [1.54, 1.807) is 7.05 Å². The molecule has 1 aliphatic rings. The summed E-state index contributed by atoms with van der Waals surface area (Å²) in [5.41, 5.74) is 0.0630. The molecule has 1 aromatic rings.